The van der Waals surface area contributed by atoms with E-state index in [1.165, 1.54) is 0 Å². The van der Waals surface area contributed by atoms with Crippen molar-refractivity contribution in [3.63, 3.8) is 0 Å². The summed E-state index contributed by atoms with van der Waals surface area (Å²) in [5, 5.41) is 3.76. The van der Waals surface area contributed by atoms with Gasteiger partial charge in [0.05, 0.1) is 0 Å². The van der Waals surface area contributed by atoms with Gasteiger partial charge in [-0.05, 0) is 55.7 Å². The van der Waals surface area contributed by atoms with Crippen LogP contribution in [-0.4, -0.2) is 35.2 Å². The van der Waals surface area contributed by atoms with Crippen molar-refractivity contribution in [1.29, 1.82) is 0 Å². The zero-order valence-corrected chi connectivity index (χ0v) is 17.0. The van der Waals surface area contributed by atoms with E-state index in [1.54, 1.807) is 29.2 Å². The molecule has 0 aliphatic heterocycles. The standard InChI is InChI=1S/C20H28Cl2N2O2/c1-3-12-24(18(25)13-21)19(15-6-8-16(22)9-7-15)20(26)23-17-10-4-14(2)5-11-17/h6-9,14,17,19H,3-5,10-13H2,1-2H3,(H,23,26). The third-order valence-corrected chi connectivity index (χ3v) is 5.49. The van der Waals surface area contributed by atoms with Crippen LogP contribution in [0.4, 0.5) is 0 Å². The number of alkyl halides is 1. The average molecular weight is 399 g/mol. The Hall–Kier alpha value is -1.26. The second kappa shape index (κ2) is 10.2. The third kappa shape index (κ3) is 5.62. The topological polar surface area (TPSA) is 49.4 Å². The first kappa shape index (κ1) is 21.0. The summed E-state index contributed by atoms with van der Waals surface area (Å²) in [6.07, 6.45) is 4.96. The molecule has 1 fully saturated rings. The van der Waals surface area contributed by atoms with Crippen LogP contribution in [0.2, 0.25) is 5.02 Å². The number of amides is 2. The van der Waals surface area contributed by atoms with Crippen molar-refractivity contribution >= 4 is 35.0 Å². The van der Waals surface area contributed by atoms with Crippen molar-refractivity contribution in [2.24, 2.45) is 5.92 Å². The predicted octanol–water partition coefficient (Wildman–Crippen LogP) is 4.55. The molecule has 1 aromatic rings. The Bertz CT molecular complexity index is 598. The first-order valence-corrected chi connectivity index (χ1v) is 10.3. The molecule has 1 saturated carbocycles. The molecule has 1 atom stereocenters. The van der Waals surface area contributed by atoms with Crippen molar-refractivity contribution < 1.29 is 9.59 Å². The Labute approximate surface area is 166 Å². The van der Waals surface area contributed by atoms with Crippen LogP contribution < -0.4 is 5.32 Å². The fraction of sp³-hybridized carbons (Fsp3) is 0.600. The van der Waals surface area contributed by atoms with Crippen LogP contribution in [0, 0.1) is 5.92 Å². The molecule has 0 heterocycles. The van der Waals surface area contributed by atoms with Gasteiger partial charge in [-0.15, -0.1) is 11.6 Å². The number of hydrogen-bond acceptors (Lipinski definition) is 2. The smallest absolute Gasteiger partial charge is 0.247 e. The average Bonchev–Trinajstić information content (AvgIpc) is 2.64. The minimum absolute atomic E-state index is 0.140. The van der Waals surface area contributed by atoms with E-state index in [9.17, 15) is 9.59 Å². The Balaban J connectivity index is 2.24. The Morgan fingerprint density at radius 3 is 2.35 bits per heavy atom. The van der Waals surface area contributed by atoms with Gasteiger partial charge in [0.15, 0.2) is 0 Å². The lowest BCUT2D eigenvalue weighted by molar-refractivity contribution is -0.139. The Morgan fingerprint density at radius 2 is 1.81 bits per heavy atom. The van der Waals surface area contributed by atoms with Gasteiger partial charge in [0, 0.05) is 17.6 Å². The number of rotatable bonds is 7. The second-order valence-electron chi connectivity index (χ2n) is 7.14. The van der Waals surface area contributed by atoms with E-state index in [0.29, 0.717) is 17.5 Å². The number of nitrogens with one attached hydrogen (secondary N) is 1. The van der Waals surface area contributed by atoms with E-state index in [-0.39, 0.29) is 23.7 Å². The van der Waals surface area contributed by atoms with Gasteiger partial charge in [0.2, 0.25) is 11.8 Å². The lowest BCUT2D eigenvalue weighted by Gasteiger charge is -2.33. The quantitative estimate of drug-likeness (QED) is 0.684. The monoisotopic (exact) mass is 398 g/mol. The molecule has 0 saturated heterocycles. The molecule has 26 heavy (non-hydrogen) atoms. The van der Waals surface area contributed by atoms with E-state index in [0.717, 1.165) is 37.7 Å². The summed E-state index contributed by atoms with van der Waals surface area (Å²) in [5.74, 6) is 0.197. The molecule has 2 amide bonds. The minimum Gasteiger partial charge on any atom is -0.351 e. The van der Waals surface area contributed by atoms with Gasteiger partial charge in [0.25, 0.3) is 0 Å². The molecule has 0 radical (unpaired) electrons. The summed E-state index contributed by atoms with van der Waals surface area (Å²) in [6, 6.07) is 6.59. The van der Waals surface area contributed by atoms with E-state index in [4.69, 9.17) is 23.2 Å². The van der Waals surface area contributed by atoms with Crippen molar-refractivity contribution in [3.05, 3.63) is 34.9 Å². The maximum atomic E-state index is 13.1. The molecule has 4 nitrogen and oxygen atoms in total. The van der Waals surface area contributed by atoms with Crippen LogP contribution in [0.3, 0.4) is 0 Å². The molecule has 2 rings (SSSR count). The molecule has 144 valence electrons. The molecule has 0 aromatic heterocycles. The normalized spacial score (nSPS) is 21.1. The summed E-state index contributed by atoms with van der Waals surface area (Å²) in [5.41, 5.74) is 0.753. The zero-order valence-electron chi connectivity index (χ0n) is 15.5. The molecular weight excluding hydrogens is 371 g/mol. The molecule has 1 aliphatic carbocycles. The first-order chi connectivity index (χ1) is 12.5. The highest BCUT2D eigenvalue weighted by atomic mass is 35.5. The highest BCUT2D eigenvalue weighted by Crippen LogP contribution is 2.27. The van der Waals surface area contributed by atoms with Crippen LogP contribution in [0.1, 0.15) is 57.6 Å². The van der Waals surface area contributed by atoms with E-state index in [1.807, 2.05) is 6.92 Å². The number of nitrogens with zero attached hydrogens (tertiary/aromatic N) is 1. The SMILES string of the molecule is CCCN(C(=O)CCl)C(C(=O)NC1CCC(C)CC1)c1ccc(Cl)cc1. The van der Waals surface area contributed by atoms with E-state index < -0.39 is 6.04 Å². The molecular formula is C20H28Cl2N2O2. The van der Waals surface area contributed by atoms with Crippen molar-refractivity contribution in [2.75, 3.05) is 12.4 Å². The molecule has 6 heteroatoms. The van der Waals surface area contributed by atoms with Gasteiger partial charge in [-0.1, -0.05) is 37.6 Å². The predicted molar refractivity (Wildman–Crippen MR) is 106 cm³/mol. The second-order valence-corrected chi connectivity index (χ2v) is 7.84. The summed E-state index contributed by atoms with van der Waals surface area (Å²) in [4.78, 5) is 27.1. The maximum Gasteiger partial charge on any atom is 0.247 e. The summed E-state index contributed by atoms with van der Waals surface area (Å²) < 4.78 is 0. The minimum atomic E-state index is -0.683. The number of hydrogen-bond donors (Lipinski definition) is 1. The number of benzene rings is 1. The number of halogens is 2. The molecule has 1 unspecified atom stereocenters. The van der Waals surface area contributed by atoms with Gasteiger partial charge >= 0.3 is 0 Å². The van der Waals surface area contributed by atoms with E-state index in [2.05, 4.69) is 12.2 Å². The zero-order chi connectivity index (χ0) is 19.1. The van der Waals surface area contributed by atoms with Gasteiger partial charge in [0.1, 0.15) is 11.9 Å². The van der Waals surface area contributed by atoms with Gasteiger partial charge in [-0.25, -0.2) is 0 Å². The van der Waals surface area contributed by atoms with Crippen LogP contribution in [0.15, 0.2) is 24.3 Å². The summed E-state index contributed by atoms with van der Waals surface area (Å²) in [7, 11) is 0. The van der Waals surface area contributed by atoms with Crippen molar-refractivity contribution in [1.82, 2.24) is 10.2 Å². The first-order valence-electron chi connectivity index (χ1n) is 9.37. The van der Waals surface area contributed by atoms with Crippen LogP contribution in [0.25, 0.3) is 0 Å². The fourth-order valence-electron chi connectivity index (χ4n) is 3.52. The third-order valence-electron chi connectivity index (χ3n) is 5.01. The molecule has 0 spiro atoms. The molecule has 1 aliphatic rings. The molecule has 1 aromatic carbocycles. The van der Waals surface area contributed by atoms with Crippen molar-refractivity contribution in [3.8, 4) is 0 Å². The maximum absolute atomic E-state index is 13.1. The Kier molecular flexibility index (Phi) is 8.23. The largest absolute Gasteiger partial charge is 0.351 e. The number of carbonyl (C=O) groups is 2. The fourth-order valence-corrected chi connectivity index (χ4v) is 3.80. The van der Waals surface area contributed by atoms with Crippen LogP contribution in [0.5, 0.6) is 0 Å². The summed E-state index contributed by atoms with van der Waals surface area (Å²) >= 11 is 11.8. The van der Waals surface area contributed by atoms with Gasteiger partial charge < -0.3 is 10.2 Å². The highest BCUT2D eigenvalue weighted by Gasteiger charge is 2.32. The van der Waals surface area contributed by atoms with Crippen LogP contribution in [-0.2, 0) is 9.59 Å². The van der Waals surface area contributed by atoms with E-state index >= 15 is 0 Å². The Morgan fingerprint density at radius 1 is 1.19 bits per heavy atom. The molecule has 0 bridgehead atoms. The van der Waals surface area contributed by atoms with Crippen LogP contribution >= 0.6 is 23.2 Å². The van der Waals surface area contributed by atoms with Gasteiger partial charge in [-0.2, -0.15) is 0 Å². The lowest BCUT2D eigenvalue weighted by atomic mass is 9.87. The van der Waals surface area contributed by atoms with Gasteiger partial charge in [-0.3, -0.25) is 9.59 Å². The number of carbonyl (C=O) groups excluding carboxylic acids is 2. The summed E-state index contributed by atoms with van der Waals surface area (Å²) in [6.45, 7) is 4.71. The lowest BCUT2D eigenvalue weighted by Crippen LogP contribution is -2.48. The highest BCUT2D eigenvalue weighted by molar-refractivity contribution is 6.30. The van der Waals surface area contributed by atoms with Crippen molar-refractivity contribution in [2.45, 2.75) is 58.0 Å². The molecule has 1 N–H and O–H groups in total.